The van der Waals surface area contributed by atoms with Crippen LogP contribution in [0.1, 0.15) is 110 Å². The van der Waals surface area contributed by atoms with Crippen LogP contribution in [0.5, 0.6) is 0 Å². The second-order valence-corrected chi connectivity index (χ2v) is 15.6. The highest BCUT2D eigenvalue weighted by Gasteiger charge is 2.39. The molecule has 1 rings (SSSR count). The number of unbranched alkanes of at least 4 members (excludes halogenated alkanes) is 2. The van der Waals surface area contributed by atoms with E-state index < -0.39 is 57.4 Å². The highest BCUT2D eigenvalue weighted by molar-refractivity contribution is 7.47. The van der Waals surface area contributed by atoms with Crippen LogP contribution in [-0.2, 0) is 32.7 Å². The van der Waals surface area contributed by atoms with E-state index in [-0.39, 0.29) is 44.2 Å². The molecular formula is C45H72NO11P. The van der Waals surface area contributed by atoms with E-state index in [0.717, 1.165) is 51.4 Å². The van der Waals surface area contributed by atoms with Crippen LogP contribution in [-0.4, -0.2) is 82.9 Å². The number of aliphatic hydroxyl groups is 3. The van der Waals surface area contributed by atoms with Crippen LogP contribution in [0.2, 0.25) is 0 Å². The molecule has 1 aliphatic carbocycles. The Hall–Kier alpha value is -3.19. The minimum absolute atomic E-state index is 0.00799. The van der Waals surface area contributed by atoms with Crippen molar-refractivity contribution in [1.29, 1.82) is 0 Å². The second kappa shape index (κ2) is 34.7. The quantitative estimate of drug-likeness (QED) is 0.0184. The molecule has 0 bridgehead atoms. The highest BCUT2D eigenvalue weighted by Crippen LogP contribution is 2.43. The Morgan fingerprint density at radius 2 is 1.38 bits per heavy atom. The van der Waals surface area contributed by atoms with Crippen molar-refractivity contribution in [1.82, 2.24) is 0 Å². The number of allylic oxidation sites excluding steroid dienone is 13. The molecule has 1 aliphatic rings. The predicted molar refractivity (Wildman–Crippen MR) is 230 cm³/mol. The van der Waals surface area contributed by atoms with Crippen molar-refractivity contribution in [3.05, 3.63) is 97.2 Å². The van der Waals surface area contributed by atoms with Crippen LogP contribution in [0, 0.1) is 11.8 Å². The summed E-state index contributed by atoms with van der Waals surface area (Å²) in [6, 6.07) is 0. The number of hydrogen-bond donors (Lipinski definition) is 5. The molecule has 7 atom stereocenters. The van der Waals surface area contributed by atoms with Gasteiger partial charge in [-0.1, -0.05) is 130 Å². The number of ether oxygens (including phenoxy) is 2. The molecule has 1 fully saturated rings. The van der Waals surface area contributed by atoms with Crippen molar-refractivity contribution in [3.8, 4) is 0 Å². The van der Waals surface area contributed by atoms with Gasteiger partial charge in [-0.3, -0.25) is 18.6 Å². The Morgan fingerprint density at radius 1 is 0.776 bits per heavy atom. The van der Waals surface area contributed by atoms with E-state index in [4.69, 9.17) is 24.3 Å². The highest BCUT2D eigenvalue weighted by atomic mass is 31.2. The van der Waals surface area contributed by atoms with E-state index in [0.29, 0.717) is 25.7 Å². The summed E-state index contributed by atoms with van der Waals surface area (Å²) in [7, 11) is -4.48. The molecule has 0 aromatic carbocycles. The first-order valence-corrected chi connectivity index (χ1v) is 22.5. The Morgan fingerprint density at radius 3 is 1.97 bits per heavy atom. The third-order valence-electron chi connectivity index (χ3n) is 9.07. The monoisotopic (exact) mass is 833 g/mol. The number of phosphoric ester groups is 1. The maximum atomic E-state index is 12.6. The van der Waals surface area contributed by atoms with Gasteiger partial charge in [0.25, 0.3) is 0 Å². The van der Waals surface area contributed by atoms with E-state index in [1.165, 1.54) is 0 Å². The van der Waals surface area contributed by atoms with Gasteiger partial charge in [0.05, 0.1) is 37.9 Å². The number of phosphoric acid groups is 1. The van der Waals surface area contributed by atoms with Crippen LogP contribution >= 0.6 is 7.82 Å². The van der Waals surface area contributed by atoms with E-state index in [2.05, 4.69) is 68.5 Å². The fourth-order valence-corrected chi connectivity index (χ4v) is 6.69. The van der Waals surface area contributed by atoms with Crippen molar-refractivity contribution in [2.45, 2.75) is 135 Å². The van der Waals surface area contributed by atoms with Crippen LogP contribution in [0.3, 0.4) is 0 Å². The number of carbonyl (C=O) groups is 2. The molecule has 12 nitrogen and oxygen atoms in total. The van der Waals surface area contributed by atoms with Crippen molar-refractivity contribution in [3.63, 3.8) is 0 Å². The first-order valence-electron chi connectivity index (χ1n) is 21.0. The Labute approximate surface area is 347 Å². The topological polar surface area (TPSA) is 195 Å². The molecule has 1 saturated carbocycles. The van der Waals surface area contributed by atoms with Crippen molar-refractivity contribution in [2.75, 3.05) is 26.4 Å². The summed E-state index contributed by atoms with van der Waals surface area (Å²) in [5.41, 5.74) is 5.33. The molecule has 1 unspecified atom stereocenters. The molecule has 0 amide bonds. The molecule has 13 heteroatoms. The molecule has 0 radical (unpaired) electrons. The molecule has 0 aliphatic heterocycles. The van der Waals surface area contributed by atoms with Gasteiger partial charge in [-0.2, -0.15) is 0 Å². The number of hydrogen-bond acceptors (Lipinski definition) is 11. The summed E-state index contributed by atoms with van der Waals surface area (Å²) in [5, 5.41) is 31.3. The molecule has 0 saturated heterocycles. The Balaban J connectivity index is 2.52. The third-order valence-corrected chi connectivity index (χ3v) is 10.1. The summed E-state index contributed by atoms with van der Waals surface area (Å²) >= 11 is 0. The summed E-state index contributed by atoms with van der Waals surface area (Å²) in [4.78, 5) is 35.0. The van der Waals surface area contributed by atoms with E-state index >= 15 is 0 Å². The molecule has 0 aromatic rings. The van der Waals surface area contributed by atoms with Crippen LogP contribution < -0.4 is 5.73 Å². The minimum Gasteiger partial charge on any atom is -0.461 e. The molecule has 0 spiro atoms. The van der Waals surface area contributed by atoms with Gasteiger partial charge in [-0.15, -0.1) is 0 Å². The zero-order valence-corrected chi connectivity index (χ0v) is 35.7. The molecule has 0 aromatic heterocycles. The normalized spacial score (nSPS) is 21.3. The maximum absolute atomic E-state index is 12.6. The lowest BCUT2D eigenvalue weighted by atomic mass is 9.89. The molecule has 6 N–H and O–H groups in total. The SMILES string of the molecule is CC/C=C\C/C=C\C/C=C\C/C=C\C/C=C\C/C=C\CCC(=O)O[C@H](COC(=O)C/C=C\C[C@H]1[C@@H](/C=C/[C@H](O)CCCCC)[C@H](O)C[C@@H]1O)COP(=O)(O)OCCN. The summed E-state index contributed by atoms with van der Waals surface area (Å²) in [6.45, 7) is 3.01. The largest absolute Gasteiger partial charge is 0.472 e. The van der Waals surface area contributed by atoms with Gasteiger partial charge in [-0.25, -0.2) is 4.57 Å². The Kier molecular flexibility index (Phi) is 31.6. The van der Waals surface area contributed by atoms with Gasteiger partial charge >= 0.3 is 19.8 Å². The van der Waals surface area contributed by atoms with E-state index in [1.807, 2.05) is 18.2 Å². The van der Waals surface area contributed by atoms with Gasteiger partial charge in [0.2, 0.25) is 0 Å². The predicted octanol–water partition coefficient (Wildman–Crippen LogP) is 8.20. The molecule has 0 heterocycles. The standard InChI is InChI=1S/C45H72NO11P/c1-3-5-7-8-9-10-11-12-13-14-15-16-17-18-19-20-21-22-24-30-45(51)57-39(37-56-58(52,53)55-34-33-46)36-54-44(50)29-26-25-28-40-41(43(49)35-42(40)48)32-31-38(47)27-23-6-4-2/h5,7,9-10,12-13,15-16,18-19,21-22,25-26,31-32,38-43,47-49H,3-4,6,8,11,14,17,20,23-24,27-30,33-37,46H2,1-2H3,(H,52,53)/b7-5-,10-9-,13-12-,16-15-,19-18-,22-21-,26-25-,32-31+/t38-,39-,40+,41-,42+,43-/m1/s1. The first kappa shape index (κ1) is 52.8. The number of rotatable bonds is 33. The maximum Gasteiger partial charge on any atom is 0.472 e. The van der Waals surface area contributed by atoms with Crippen LogP contribution in [0.15, 0.2) is 97.2 Å². The number of carbonyl (C=O) groups excluding carboxylic acids is 2. The van der Waals surface area contributed by atoms with Crippen LogP contribution in [0.25, 0.3) is 0 Å². The Bertz CT molecular complexity index is 1390. The van der Waals surface area contributed by atoms with E-state index in [1.54, 1.807) is 24.3 Å². The zero-order valence-electron chi connectivity index (χ0n) is 34.8. The minimum atomic E-state index is -4.48. The average molecular weight is 834 g/mol. The van der Waals surface area contributed by atoms with Gasteiger partial charge < -0.3 is 35.4 Å². The summed E-state index contributed by atoms with van der Waals surface area (Å²) < 4.78 is 32.6. The number of esters is 2. The summed E-state index contributed by atoms with van der Waals surface area (Å²) in [5.74, 6) is -1.86. The van der Waals surface area contributed by atoms with Crippen molar-refractivity contribution in [2.24, 2.45) is 17.6 Å². The lowest BCUT2D eigenvalue weighted by Gasteiger charge is -2.20. The fraction of sp³-hybridized carbons (Fsp3) is 0.600. The molecule has 328 valence electrons. The third kappa shape index (κ3) is 28.3. The molecule has 58 heavy (non-hydrogen) atoms. The fourth-order valence-electron chi connectivity index (χ4n) is 5.92. The zero-order chi connectivity index (χ0) is 42.7. The van der Waals surface area contributed by atoms with E-state index in [9.17, 15) is 34.4 Å². The summed E-state index contributed by atoms with van der Waals surface area (Å²) in [6.07, 6.45) is 38.7. The van der Waals surface area contributed by atoms with Crippen molar-refractivity contribution >= 4 is 19.8 Å². The first-order chi connectivity index (χ1) is 28.0. The molecular weight excluding hydrogens is 761 g/mol. The van der Waals surface area contributed by atoms with Gasteiger partial charge in [-0.05, 0) is 63.7 Å². The van der Waals surface area contributed by atoms with Crippen molar-refractivity contribution < 1.29 is 52.9 Å². The lowest BCUT2D eigenvalue weighted by Crippen LogP contribution is -2.29. The van der Waals surface area contributed by atoms with Gasteiger partial charge in [0.15, 0.2) is 6.10 Å². The number of nitrogens with two attached hydrogens (primary N) is 1. The van der Waals surface area contributed by atoms with Gasteiger partial charge in [0, 0.05) is 25.3 Å². The van der Waals surface area contributed by atoms with Crippen LogP contribution in [0.4, 0.5) is 0 Å². The lowest BCUT2D eigenvalue weighted by molar-refractivity contribution is -0.160. The average Bonchev–Trinajstić information content (AvgIpc) is 3.47. The smallest absolute Gasteiger partial charge is 0.461 e. The number of aliphatic hydroxyl groups excluding tert-OH is 3. The second-order valence-electron chi connectivity index (χ2n) is 14.1. The van der Waals surface area contributed by atoms with Gasteiger partial charge in [0.1, 0.15) is 6.61 Å².